The van der Waals surface area contributed by atoms with E-state index in [9.17, 15) is 13.0 Å². The molecular weight excluding hydrogens is 338 g/mol. The Hall–Kier alpha value is -0.170. The lowest BCUT2D eigenvalue weighted by Crippen LogP contribution is -2.45. The lowest BCUT2D eigenvalue weighted by molar-refractivity contribution is -0.908. The summed E-state index contributed by atoms with van der Waals surface area (Å²) in [5.41, 5.74) is 0. The third-order valence-electron chi connectivity index (χ3n) is 4.59. The molecule has 0 aliphatic rings. The average Bonchev–Trinajstić information content (AvgIpc) is 2.53. The molecule has 0 amide bonds. The second-order valence-corrected chi connectivity index (χ2v) is 8.08. The van der Waals surface area contributed by atoms with Crippen molar-refractivity contribution < 1.29 is 21.6 Å². The van der Waals surface area contributed by atoms with Gasteiger partial charge < -0.3 is 9.04 Å². The second kappa shape index (κ2) is 17.3. The zero-order valence-corrected chi connectivity index (χ0v) is 18.2. The summed E-state index contributed by atoms with van der Waals surface area (Å²) in [6.07, 6.45) is 14.3. The summed E-state index contributed by atoms with van der Waals surface area (Å²) in [5, 5.41) is 0. The molecule has 0 rings (SSSR count). The first kappa shape index (κ1) is 27.1. The minimum Gasteiger partial charge on any atom is -0.726 e. The molecule has 1 unspecified atom stereocenters. The number of hydrogen-bond acceptors (Lipinski definition) is 4. The molecular formula is C19H43NO4S. The van der Waals surface area contributed by atoms with E-state index in [4.69, 9.17) is 0 Å². The molecule has 0 heterocycles. The molecule has 0 fully saturated rings. The summed E-state index contributed by atoms with van der Waals surface area (Å²) < 4.78 is 33.3. The van der Waals surface area contributed by atoms with E-state index in [1.165, 1.54) is 95.2 Å². The van der Waals surface area contributed by atoms with Gasteiger partial charge in [0.1, 0.15) is 0 Å². The van der Waals surface area contributed by atoms with Crippen LogP contribution in [0.2, 0.25) is 0 Å². The maximum atomic E-state index is 9.45. The zero-order chi connectivity index (χ0) is 19.6. The maximum Gasteiger partial charge on any atom is 0.217 e. The van der Waals surface area contributed by atoms with Gasteiger partial charge in [-0.3, -0.25) is 4.18 Å². The van der Waals surface area contributed by atoms with Crippen molar-refractivity contribution in [2.45, 2.75) is 91.9 Å². The van der Waals surface area contributed by atoms with Gasteiger partial charge in [-0.1, -0.05) is 58.8 Å². The summed E-state index contributed by atoms with van der Waals surface area (Å²) in [6, 6.07) is 0. The first-order valence-electron chi connectivity index (χ1n) is 10.2. The lowest BCUT2D eigenvalue weighted by atomic mass is 10.1. The van der Waals surface area contributed by atoms with Crippen molar-refractivity contribution in [2.75, 3.05) is 33.3 Å². The Morgan fingerprint density at radius 1 is 0.760 bits per heavy atom. The first-order chi connectivity index (χ1) is 11.7. The van der Waals surface area contributed by atoms with Crippen molar-refractivity contribution >= 4 is 10.4 Å². The maximum absolute atomic E-state index is 9.45. The predicted octanol–water partition coefficient (Wildman–Crippen LogP) is 4.88. The van der Waals surface area contributed by atoms with Crippen LogP contribution >= 0.6 is 0 Å². The molecule has 6 heteroatoms. The standard InChI is InChI=1S/C17H38N.C2H6O4S/c1-5-8-9-10-11-12-13-14-15-17-18(4,7-3)16-6-2;1-2-6-7(3,4)5/h5-17H2,1-4H3;2H2,1H3,(H,3,4,5)/q+1;/p-1. The molecule has 25 heavy (non-hydrogen) atoms. The van der Waals surface area contributed by atoms with Crippen LogP contribution in [0.4, 0.5) is 0 Å². The van der Waals surface area contributed by atoms with Crippen molar-refractivity contribution in [3.8, 4) is 0 Å². The van der Waals surface area contributed by atoms with Gasteiger partial charge in [0.2, 0.25) is 10.4 Å². The number of unbranched alkanes of at least 4 members (excludes halogenated alkanes) is 8. The molecule has 0 spiro atoms. The van der Waals surface area contributed by atoms with E-state index in [0.29, 0.717) is 0 Å². The zero-order valence-electron chi connectivity index (χ0n) is 17.4. The highest BCUT2D eigenvalue weighted by Crippen LogP contribution is 2.12. The van der Waals surface area contributed by atoms with Crippen LogP contribution in [-0.2, 0) is 14.6 Å². The van der Waals surface area contributed by atoms with Crippen LogP contribution < -0.4 is 0 Å². The molecule has 0 aromatic rings. The highest BCUT2D eigenvalue weighted by molar-refractivity contribution is 7.80. The Morgan fingerprint density at radius 3 is 1.56 bits per heavy atom. The topological polar surface area (TPSA) is 66.4 Å². The monoisotopic (exact) mass is 381 g/mol. The SMILES string of the molecule is CCCCCCCCCCC[N+](C)(CC)CCC.CCOS(=O)(=O)[O-]. The van der Waals surface area contributed by atoms with E-state index >= 15 is 0 Å². The molecule has 0 saturated carbocycles. The highest BCUT2D eigenvalue weighted by Gasteiger charge is 2.16. The number of nitrogens with zero attached hydrogens (tertiary/aromatic N) is 1. The molecule has 5 nitrogen and oxygen atoms in total. The van der Waals surface area contributed by atoms with Gasteiger partial charge in [0.15, 0.2) is 0 Å². The number of rotatable bonds is 15. The van der Waals surface area contributed by atoms with E-state index in [0.717, 1.165) is 0 Å². The van der Waals surface area contributed by atoms with Crippen LogP contribution in [0, 0.1) is 0 Å². The predicted molar refractivity (Wildman–Crippen MR) is 105 cm³/mol. The van der Waals surface area contributed by atoms with Crippen LogP contribution in [0.3, 0.4) is 0 Å². The fraction of sp³-hybridized carbons (Fsp3) is 1.00. The van der Waals surface area contributed by atoms with Crippen molar-refractivity contribution in [2.24, 2.45) is 0 Å². The van der Waals surface area contributed by atoms with Gasteiger partial charge in [-0.15, -0.1) is 0 Å². The number of quaternary nitrogens is 1. The number of hydrogen-bond donors (Lipinski definition) is 0. The fourth-order valence-corrected chi connectivity index (χ4v) is 3.21. The Bertz CT molecular complexity index is 374. The van der Waals surface area contributed by atoms with Gasteiger partial charge in [0, 0.05) is 0 Å². The summed E-state index contributed by atoms with van der Waals surface area (Å²) in [5.74, 6) is 0. The summed E-state index contributed by atoms with van der Waals surface area (Å²) >= 11 is 0. The minimum atomic E-state index is -4.42. The Labute approximate surface area is 157 Å². The molecule has 0 saturated heterocycles. The largest absolute Gasteiger partial charge is 0.726 e. The molecule has 0 aliphatic heterocycles. The normalized spacial score (nSPS) is 13.8. The highest BCUT2D eigenvalue weighted by atomic mass is 32.3. The van der Waals surface area contributed by atoms with Crippen molar-refractivity contribution in [3.05, 3.63) is 0 Å². The Kier molecular flexibility index (Phi) is 18.7. The van der Waals surface area contributed by atoms with Crippen LogP contribution in [0.25, 0.3) is 0 Å². The van der Waals surface area contributed by atoms with Crippen LogP contribution in [0.1, 0.15) is 91.9 Å². The van der Waals surface area contributed by atoms with Gasteiger partial charge in [0.05, 0.1) is 33.3 Å². The minimum absolute atomic E-state index is 0.0914. The molecule has 0 aromatic heterocycles. The van der Waals surface area contributed by atoms with Crippen LogP contribution in [0.15, 0.2) is 0 Å². The third kappa shape index (κ3) is 21.8. The van der Waals surface area contributed by atoms with E-state index in [1.54, 1.807) is 0 Å². The van der Waals surface area contributed by atoms with Crippen LogP contribution in [0.5, 0.6) is 0 Å². The third-order valence-corrected chi connectivity index (χ3v) is 5.11. The van der Waals surface area contributed by atoms with Gasteiger partial charge in [0.25, 0.3) is 0 Å². The smallest absolute Gasteiger partial charge is 0.217 e. The summed E-state index contributed by atoms with van der Waals surface area (Å²) in [6.45, 7) is 12.3. The molecule has 0 aromatic carbocycles. The molecule has 0 bridgehead atoms. The lowest BCUT2D eigenvalue weighted by Gasteiger charge is -2.33. The van der Waals surface area contributed by atoms with E-state index in [2.05, 4.69) is 32.0 Å². The van der Waals surface area contributed by atoms with Gasteiger partial charge >= 0.3 is 0 Å². The van der Waals surface area contributed by atoms with E-state index < -0.39 is 10.4 Å². The van der Waals surface area contributed by atoms with E-state index in [1.807, 2.05) is 0 Å². The summed E-state index contributed by atoms with van der Waals surface area (Å²) in [7, 11) is -2.00. The Balaban J connectivity index is 0. The second-order valence-electron chi connectivity index (χ2n) is 7.03. The van der Waals surface area contributed by atoms with Crippen molar-refractivity contribution in [1.82, 2.24) is 0 Å². The Morgan fingerprint density at radius 2 is 1.24 bits per heavy atom. The fourth-order valence-electron chi connectivity index (χ4n) is 2.92. The molecule has 0 aliphatic carbocycles. The molecule has 1 atom stereocenters. The summed E-state index contributed by atoms with van der Waals surface area (Å²) in [4.78, 5) is 0. The van der Waals surface area contributed by atoms with E-state index in [-0.39, 0.29) is 6.61 Å². The molecule has 0 radical (unpaired) electrons. The van der Waals surface area contributed by atoms with Gasteiger partial charge in [-0.25, -0.2) is 8.42 Å². The molecule has 0 N–H and O–H groups in total. The molecule has 154 valence electrons. The average molecular weight is 382 g/mol. The van der Waals surface area contributed by atoms with Crippen LogP contribution in [-0.4, -0.2) is 50.7 Å². The van der Waals surface area contributed by atoms with Crippen molar-refractivity contribution in [1.29, 1.82) is 0 Å². The quantitative estimate of drug-likeness (QED) is 0.175. The first-order valence-corrected chi connectivity index (χ1v) is 11.5. The van der Waals surface area contributed by atoms with Gasteiger partial charge in [-0.2, -0.15) is 0 Å². The van der Waals surface area contributed by atoms with Crippen molar-refractivity contribution in [3.63, 3.8) is 0 Å². The van der Waals surface area contributed by atoms with Gasteiger partial charge in [-0.05, 0) is 33.1 Å².